The molecular formula is C23H15ClF2N2O2S. The van der Waals surface area contributed by atoms with Crippen LogP contribution in [0.4, 0.5) is 8.78 Å². The molecule has 0 unspecified atom stereocenters. The highest BCUT2D eigenvalue weighted by Gasteiger charge is 2.34. The third kappa shape index (κ3) is 3.38. The summed E-state index contributed by atoms with van der Waals surface area (Å²) in [5.41, 5.74) is 1.44. The lowest BCUT2D eigenvalue weighted by atomic mass is 10.2. The van der Waals surface area contributed by atoms with Crippen LogP contribution in [0.5, 0.6) is 0 Å². The second-order valence-electron chi connectivity index (χ2n) is 7.32. The van der Waals surface area contributed by atoms with Gasteiger partial charge >= 0.3 is 5.97 Å². The average molecular weight is 457 g/mol. The Kier molecular flexibility index (Phi) is 4.95. The monoisotopic (exact) mass is 456 g/mol. The Morgan fingerprint density at radius 1 is 1.13 bits per heavy atom. The molecule has 4 aromatic rings. The smallest absolute Gasteiger partial charge is 0.338 e. The number of hydrogen-bond acceptors (Lipinski definition) is 3. The predicted octanol–water partition coefficient (Wildman–Crippen LogP) is 6.68. The van der Waals surface area contributed by atoms with E-state index in [-0.39, 0.29) is 15.8 Å². The Labute approximate surface area is 185 Å². The second kappa shape index (κ2) is 7.66. The summed E-state index contributed by atoms with van der Waals surface area (Å²) in [6.07, 6.45) is 5.14. The summed E-state index contributed by atoms with van der Waals surface area (Å²) in [6.45, 7) is 0. The first-order valence-electron chi connectivity index (χ1n) is 9.59. The fraction of sp³-hybridized carbons (Fsp3) is 0.130. The molecule has 0 saturated heterocycles. The number of rotatable bonds is 5. The van der Waals surface area contributed by atoms with Crippen LogP contribution in [0.15, 0.2) is 64.6 Å². The van der Waals surface area contributed by atoms with Crippen LogP contribution < -0.4 is 0 Å². The standard InChI is InChI=1S/C23H15ClF2N2O2S/c24-16-9-8-15-21(19(16)26)28(13-3-2-10-27-11-13)20(12-6-7-12)22(15)31-17-5-1-4-14(18(17)25)23(29)30/h1-5,8-12H,6-7H2,(H,29,30). The van der Waals surface area contributed by atoms with Crippen LogP contribution in [0.25, 0.3) is 16.6 Å². The Morgan fingerprint density at radius 3 is 2.61 bits per heavy atom. The van der Waals surface area contributed by atoms with Crippen molar-refractivity contribution in [2.24, 2.45) is 0 Å². The summed E-state index contributed by atoms with van der Waals surface area (Å²) < 4.78 is 32.0. The van der Waals surface area contributed by atoms with Crippen molar-refractivity contribution >= 4 is 40.2 Å². The Hall–Kier alpha value is -2.90. The molecule has 156 valence electrons. The highest BCUT2D eigenvalue weighted by Crippen LogP contribution is 2.51. The number of halogens is 3. The Morgan fingerprint density at radius 2 is 1.94 bits per heavy atom. The van der Waals surface area contributed by atoms with Crippen LogP contribution in [-0.4, -0.2) is 20.6 Å². The number of pyridine rings is 1. The number of aromatic nitrogens is 2. The fourth-order valence-corrected chi connectivity index (χ4v) is 5.11. The molecule has 2 aromatic heterocycles. The van der Waals surface area contributed by atoms with Crippen molar-refractivity contribution in [3.05, 3.63) is 82.8 Å². The molecule has 5 rings (SSSR count). The maximum atomic E-state index is 15.3. The molecule has 0 amide bonds. The first kappa shape index (κ1) is 20.0. The first-order chi connectivity index (χ1) is 15.0. The van der Waals surface area contributed by atoms with Crippen molar-refractivity contribution in [3.63, 3.8) is 0 Å². The van der Waals surface area contributed by atoms with E-state index < -0.39 is 23.2 Å². The van der Waals surface area contributed by atoms with Gasteiger partial charge in [-0.15, -0.1) is 0 Å². The molecule has 0 bridgehead atoms. The summed E-state index contributed by atoms with van der Waals surface area (Å²) in [5.74, 6) is -2.52. The largest absolute Gasteiger partial charge is 0.478 e. The lowest BCUT2D eigenvalue weighted by molar-refractivity contribution is 0.0691. The zero-order valence-corrected chi connectivity index (χ0v) is 17.6. The maximum absolute atomic E-state index is 15.3. The summed E-state index contributed by atoms with van der Waals surface area (Å²) in [4.78, 5) is 16.4. The van der Waals surface area contributed by atoms with Crippen molar-refractivity contribution in [2.45, 2.75) is 28.6 Å². The van der Waals surface area contributed by atoms with E-state index in [2.05, 4.69) is 4.98 Å². The highest BCUT2D eigenvalue weighted by molar-refractivity contribution is 7.99. The minimum atomic E-state index is -1.34. The number of hydrogen-bond donors (Lipinski definition) is 1. The maximum Gasteiger partial charge on any atom is 0.338 e. The van der Waals surface area contributed by atoms with Gasteiger partial charge in [0.2, 0.25) is 0 Å². The lowest BCUT2D eigenvalue weighted by Gasteiger charge is -2.12. The number of benzene rings is 2. The van der Waals surface area contributed by atoms with Crippen molar-refractivity contribution in [1.29, 1.82) is 0 Å². The number of carboxylic acid groups (broad SMARTS) is 1. The molecule has 2 aromatic carbocycles. The summed E-state index contributed by atoms with van der Waals surface area (Å²) >= 11 is 7.22. The van der Waals surface area contributed by atoms with E-state index in [0.29, 0.717) is 21.5 Å². The summed E-state index contributed by atoms with van der Waals surface area (Å²) in [7, 11) is 0. The fourth-order valence-electron chi connectivity index (χ4n) is 3.75. The van der Waals surface area contributed by atoms with Gasteiger partial charge in [-0.05, 0) is 49.2 Å². The highest BCUT2D eigenvalue weighted by atomic mass is 35.5. The van der Waals surface area contributed by atoms with E-state index in [1.54, 1.807) is 24.5 Å². The third-order valence-corrected chi connectivity index (χ3v) is 6.74. The molecule has 0 spiro atoms. The van der Waals surface area contributed by atoms with E-state index in [0.717, 1.165) is 30.3 Å². The van der Waals surface area contributed by atoms with Gasteiger partial charge in [0.05, 0.1) is 28.0 Å². The van der Waals surface area contributed by atoms with E-state index in [9.17, 15) is 14.3 Å². The number of aromatic carboxylic acids is 1. The molecule has 0 radical (unpaired) electrons. The molecule has 0 aliphatic heterocycles. The SMILES string of the molecule is O=C(O)c1cccc(Sc2c(C3CC3)n(-c3cccnc3)c3c(F)c(Cl)ccc23)c1F. The van der Waals surface area contributed by atoms with Crippen LogP contribution in [0.3, 0.4) is 0 Å². The molecule has 2 heterocycles. The Balaban J connectivity index is 1.80. The molecular weight excluding hydrogens is 442 g/mol. The van der Waals surface area contributed by atoms with Crippen LogP contribution in [-0.2, 0) is 0 Å². The Bertz CT molecular complexity index is 1340. The van der Waals surface area contributed by atoms with Gasteiger partial charge in [0.1, 0.15) is 0 Å². The second-order valence-corrected chi connectivity index (χ2v) is 8.78. The van der Waals surface area contributed by atoms with Crippen molar-refractivity contribution in [2.75, 3.05) is 0 Å². The topological polar surface area (TPSA) is 55.1 Å². The first-order valence-corrected chi connectivity index (χ1v) is 10.8. The average Bonchev–Trinajstić information content (AvgIpc) is 3.55. The van der Waals surface area contributed by atoms with Crippen LogP contribution in [0, 0.1) is 11.6 Å². The van der Waals surface area contributed by atoms with Crippen LogP contribution in [0.2, 0.25) is 5.02 Å². The number of carboxylic acids is 1. The van der Waals surface area contributed by atoms with Gasteiger partial charge in [-0.2, -0.15) is 0 Å². The molecule has 1 N–H and O–H groups in total. The van der Waals surface area contributed by atoms with Gasteiger partial charge in [-0.3, -0.25) is 4.98 Å². The van der Waals surface area contributed by atoms with E-state index >= 15 is 4.39 Å². The quantitative estimate of drug-likeness (QED) is 0.363. The minimum Gasteiger partial charge on any atom is -0.478 e. The van der Waals surface area contributed by atoms with Gasteiger partial charge in [-0.25, -0.2) is 13.6 Å². The summed E-state index contributed by atoms with van der Waals surface area (Å²) in [6, 6.07) is 11.1. The zero-order valence-electron chi connectivity index (χ0n) is 16.0. The molecule has 1 saturated carbocycles. The molecule has 4 nitrogen and oxygen atoms in total. The van der Waals surface area contributed by atoms with Gasteiger partial charge in [0.25, 0.3) is 0 Å². The molecule has 1 aliphatic carbocycles. The van der Waals surface area contributed by atoms with E-state index in [4.69, 9.17) is 11.6 Å². The van der Waals surface area contributed by atoms with Crippen molar-refractivity contribution in [1.82, 2.24) is 9.55 Å². The zero-order chi connectivity index (χ0) is 21.7. The number of nitrogens with zero attached hydrogens (tertiary/aromatic N) is 2. The number of fused-ring (bicyclic) bond motifs is 1. The predicted molar refractivity (Wildman–Crippen MR) is 115 cm³/mol. The third-order valence-electron chi connectivity index (χ3n) is 5.28. The van der Waals surface area contributed by atoms with E-state index in [1.807, 2.05) is 10.6 Å². The van der Waals surface area contributed by atoms with Gasteiger partial charge in [0, 0.05) is 33.0 Å². The van der Waals surface area contributed by atoms with Crippen LogP contribution in [0.1, 0.15) is 34.8 Å². The molecule has 8 heteroatoms. The van der Waals surface area contributed by atoms with E-state index in [1.165, 1.54) is 24.3 Å². The molecule has 0 atom stereocenters. The minimum absolute atomic E-state index is 0.00640. The van der Waals surface area contributed by atoms with Gasteiger partial charge in [-0.1, -0.05) is 29.4 Å². The van der Waals surface area contributed by atoms with Crippen molar-refractivity contribution < 1.29 is 18.7 Å². The molecule has 1 aliphatic rings. The van der Waals surface area contributed by atoms with Crippen LogP contribution >= 0.6 is 23.4 Å². The number of carbonyl (C=O) groups is 1. The van der Waals surface area contributed by atoms with Crippen molar-refractivity contribution in [3.8, 4) is 5.69 Å². The van der Waals surface area contributed by atoms with Gasteiger partial charge < -0.3 is 9.67 Å². The lowest BCUT2D eigenvalue weighted by Crippen LogP contribution is -2.02. The summed E-state index contributed by atoms with van der Waals surface area (Å²) in [5, 5.41) is 9.86. The normalized spacial score (nSPS) is 13.6. The molecule has 31 heavy (non-hydrogen) atoms. The molecule has 1 fully saturated rings. The van der Waals surface area contributed by atoms with Gasteiger partial charge in [0.15, 0.2) is 11.6 Å².